The number of ether oxygens (including phenoxy) is 1. The van der Waals surface area contributed by atoms with E-state index in [4.69, 9.17) is 4.74 Å². The number of unbranched alkanes of at least 4 members (excludes halogenated alkanes) is 2. The first-order chi connectivity index (χ1) is 12.8. The summed E-state index contributed by atoms with van der Waals surface area (Å²) in [5.41, 5.74) is 3.44. The van der Waals surface area contributed by atoms with Crippen LogP contribution in [0.5, 0.6) is 11.5 Å². The molecule has 0 heterocycles. The molecule has 1 aromatic rings. The zero-order chi connectivity index (χ0) is 20.1. The van der Waals surface area contributed by atoms with Gasteiger partial charge in [-0.05, 0) is 57.1 Å². The summed E-state index contributed by atoms with van der Waals surface area (Å²) in [7, 11) is 1.31. The van der Waals surface area contributed by atoms with Gasteiger partial charge < -0.3 is 14.9 Å². The zero-order valence-corrected chi connectivity index (χ0v) is 17.0. The Morgan fingerprint density at radius 3 is 2.63 bits per heavy atom. The van der Waals surface area contributed by atoms with E-state index in [1.165, 1.54) is 12.7 Å². The molecular formula is C23H32O4. The molecule has 4 heteroatoms. The first-order valence-electron chi connectivity index (χ1n) is 9.80. The molecule has 4 nitrogen and oxygen atoms in total. The van der Waals surface area contributed by atoms with Gasteiger partial charge in [0.25, 0.3) is 0 Å². The number of phenolic OH excluding ortho intramolecular Hbond substituents is 2. The second-order valence-corrected chi connectivity index (χ2v) is 7.67. The van der Waals surface area contributed by atoms with Crippen molar-refractivity contribution in [3.8, 4) is 11.5 Å². The third-order valence-electron chi connectivity index (χ3n) is 5.55. The predicted molar refractivity (Wildman–Crippen MR) is 108 cm³/mol. The highest BCUT2D eigenvalue weighted by Crippen LogP contribution is 2.48. The lowest BCUT2D eigenvalue weighted by Crippen LogP contribution is -2.18. The van der Waals surface area contributed by atoms with Crippen LogP contribution in [0.15, 0.2) is 29.9 Å². The van der Waals surface area contributed by atoms with Gasteiger partial charge in [0, 0.05) is 11.5 Å². The van der Waals surface area contributed by atoms with E-state index < -0.39 is 5.97 Å². The average Bonchev–Trinajstić information content (AvgIpc) is 2.61. The minimum absolute atomic E-state index is 0.0360. The van der Waals surface area contributed by atoms with E-state index in [1.807, 2.05) is 6.92 Å². The number of hydrogen-bond acceptors (Lipinski definition) is 4. The van der Waals surface area contributed by atoms with Crippen molar-refractivity contribution in [2.45, 2.75) is 65.2 Å². The highest BCUT2D eigenvalue weighted by molar-refractivity contribution is 5.95. The van der Waals surface area contributed by atoms with Crippen molar-refractivity contribution < 1.29 is 19.7 Å². The highest BCUT2D eigenvalue weighted by atomic mass is 16.5. The molecule has 0 aromatic heterocycles. The normalized spacial score (nSPS) is 19.5. The lowest BCUT2D eigenvalue weighted by molar-refractivity contribution is 0.0595. The molecule has 1 aliphatic carbocycles. The van der Waals surface area contributed by atoms with Crippen LogP contribution in [-0.2, 0) is 11.2 Å². The quantitative estimate of drug-likeness (QED) is 0.370. The molecule has 27 heavy (non-hydrogen) atoms. The summed E-state index contributed by atoms with van der Waals surface area (Å²) in [5, 5.41) is 21.8. The molecule has 2 rings (SSSR count). The van der Waals surface area contributed by atoms with Crippen LogP contribution in [0.1, 0.15) is 80.3 Å². The number of phenols is 2. The van der Waals surface area contributed by atoms with Gasteiger partial charge in [-0.3, -0.25) is 0 Å². The SMILES string of the molecule is C=C(C)C1CCC(C)=C[C@H]1c1c(O)cc(CCCCC)c(C(=O)OC)c1O. The van der Waals surface area contributed by atoms with Crippen molar-refractivity contribution in [1.82, 2.24) is 0 Å². The number of allylic oxidation sites excluding steroid dienone is 3. The summed E-state index contributed by atoms with van der Waals surface area (Å²) in [5.74, 6) is -0.778. The van der Waals surface area contributed by atoms with E-state index in [1.54, 1.807) is 6.07 Å². The molecule has 148 valence electrons. The Morgan fingerprint density at radius 1 is 1.33 bits per heavy atom. The minimum atomic E-state index is -0.566. The Kier molecular flexibility index (Phi) is 7.11. The molecule has 0 bridgehead atoms. The molecule has 0 saturated carbocycles. The van der Waals surface area contributed by atoms with Gasteiger partial charge in [0.2, 0.25) is 0 Å². The van der Waals surface area contributed by atoms with Gasteiger partial charge in [-0.15, -0.1) is 0 Å². The van der Waals surface area contributed by atoms with Crippen LogP contribution in [0.4, 0.5) is 0 Å². The molecule has 0 aliphatic heterocycles. The highest BCUT2D eigenvalue weighted by Gasteiger charge is 2.33. The molecule has 1 aromatic carbocycles. The average molecular weight is 373 g/mol. The largest absolute Gasteiger partial charge is 0.507 e. The Bertz CT molecular complexity index is 745. The van der Waals surface area contributed by atoms with Crippen molar-refractivity contribution in [2.24, 2.45) is 5.92 Å². The molecule has 0 amide bonds. The number of aryl methyl sites for hydroxylation is 1. The van der Waals surface area contributed by atoms with Crippen molar-refractivity contribution in [3.63, 3.8) is 0 Å². The summed E-state index contributed by atoms with van der Waals surface area (Å²) in [4.78, 5) is 12.4. The number of esters is 1. The summed E-state index contributed by atoms with van der Waals surface area (Å²) in [6.07, 6.45) is 7.53. The fraction of sp³-hybridized carbons (Fsp3) is 0.522. The number of methoxy groups -OCH3 is 1. The summed E-state index contributed by atoms with van der Waals surface area (Å²) in [6.45, 7) is 10.2. The van der Waals surface area contributed by atoms with Crippen LogP contribution in [-0.4, -0.2) is 23.3 Å². The number of aromatic hydroxyl groups is 2. The van der Waals surface area contributed by atoms with Crippen LogP contribution in [0, 0.1) is 5.92 Å². The second kappa shape index (κ2) is 9.12. The standard InChI is InChI=1S/C23H32O4/c1-6-7-8-9-16-13-19(24)21(22(25)20(16)23(26)27-5)18-12-15(4)10-11-17(18)14(2)3/h12-13,17-18,24-25H,2,6-11H2,1,3-5H3/t17?,18-/m1/s1. The van der Waals surface area contributed by atoms with Crippen LogP contribution in [0.2, 0.25) is 0 Å². The van der Waals surface area contributed by atoms with Gasteiger partial charge in [-0.1, -0.05) is 43.6 Å². The topological polar surface area (TPSA) is 66.8 Å². The Labute approximate surface area is 162 Å². The van der Waals surface area contributed by atoms with Gasteiger partial charge in [0.05, 0.1) is 7.11 Å². The van der Waals surface area contributed by atoms with Crippen molar-refractivity contribution in [1.29, 1.82) is 0 Å². The van der Waals surface area contributed by atoms with Crippen molar-refractivity contribution in [2.75, 3.05) is 7.11 Å². The fourth-order valence-corrected chi connectivity index (χ4v) is 4.05. The maximum Gasteiger partial charge on any atom is 0.341 e. The molecule has 2 N–H and O–H groups in total. The molecule has 0 fully saturated rings. The van der Waals surface area contributed by atoms with E-state index in [0.717, 1.165) is 37.7 Å². The van der Waals surface area contributed by atoms with Crippen LogP contribution < -0.4 is 0 Å². The van der Waals surface area contributed by atoms with Gasteiger partial charge >= 0.3 is 5.97 Å². The number of benzene rings is 1. The Hall–Kier alpha value is -2.23. The minimum Gasteiger partial charge on any atom is -0.507 e. The van der Waals surface area contributed by atoms with Gasteiger partial charge in [-0.2, -0.15) is 0 Å². The number of hydrogen-bond donors (Lipinski definition) is 2. The Morgan fingerprint density at radius 2 is 2.04 bits per heavy atom. The third-order valence-corrected chi connectivity index (χ3v) is 5.55. The smallest absolute Gasteiger partial charge is 0.341 e. The van der Waals surface area contributed by atoms with Gasteiger partial charge in [-0.25, -0.2) is 4.79 Å². The first-order valence-corrected chi connectivity index (χ1v) is 9.80. The lowest BCUT2D eigenvalue weighted by Gasteiger charge is -2.32. The summed E-state index contributed by atoms with van der Waals surface area (Å²) in [6, 6.07) is 1.63. The number of rotatable bonds is 7. The van der Waals surface area contributed by atoms with E-state index in [0.29, 0.717) is 17.5 Å². The van der Waals surface area contributed by atoms with E-state index in [9.17, 15) is 15.0 Å². The first kappa shape index (κ1) is 21.1. The van der Waals surface area contributed by atoms with Crippen LogP contribution in [0.25, 0.3) is 0 Å². The maximum absolute atomic E-state index is 12.4. The Balaban J connectivity index is 2.61. The van der Waals surface area contributed by atoms with Crippen molar-refractivity contribution >= 4 is 5.97 Å². The fourth-order valence-electron chi connectivity index (χ4n) is 4.05. The van der Waals surface area contributed by atoms with Gasteiger partial charge in [0.15, 0.2) is 0 Å². The molecule has 1 unspecified atom stereocenters. The zero-order valence-electron chi connectivity index (χ0n) is 17.0. The molecule has 0 radical (unpaired) electrons. The number of carbonyl (C=O) groups excluding carboxylic acids is 1. The summed E-state index contributed by atoms with van der Waals surface area (Å²) < 4.78 is 4.93. The van der Waals surface area contributed by atoms with Crippen LogP contribution in [0.3, 0.4) is 0 Å². The lowest BCUT2D eigenvalue weighted by atomic mass is 9.73. The number of carbonyl (C=O) groups is 1. The second-order valence-electron chi connectivity index (χ2n) is 7.67. The van der Waals surface area contributed by atoms with E-state index in [2.05, 4.69) is 26.5 Å². The molecule has 2 atom stereocenters. The van der Waals surface area contributed by atoms with E-state index >= 15 is 0 Å². The molecular weight excluding hydrogens is 340 g/mol. The third kappa shape index (κ3) is 4.55. The van der Waals surface area contributed by atoms with Crippen molar-refractivity contribution in [3.05, 3.63) is 46.6 Å². The molecule has 1 aliphatic rings. The summed E-state index contributed by atoms with van der Waals surface area (Å²) >= 11 is 0. The van der Waals surface area contributed by atoms with Gasteiger partial charge in [0.1, 0.15) is 17.1 Å². The predicted octanol–water partition coefficient (Wildman–Crippen LogP) is 5.63. The van der Waals surface area contributed by atoms with Crippen LogP contribution >= 0.6 is 0 Å². The molecule has 0 spiro atoms. The van der Waals surface area contributed by atoms with E-state index in [-0.39, 0.29) is 28.9 Å². The monoisotopic (exact) mass is 372 g/mol. The maximum atomic E-state index is 12.4. The molecule has 0 saturated heterocycles.